The van der Waals surface area contributed by atoms with E-state index >= 15 is 0 Å². The van der Waals surface area contributed by atoms with Gasteiger partial charge < -0.3 is 10.6 Å². The van der Waals surface area contributed by atoms with E-state index in [1.807, 2.05) is 0 Å². The molecule has 0 radical (unpaired) electrons. The van der Waals surface area contributed by atoms with E-state index in [2.05, 4.69) is 20.8 Å². The standard InChI is InChI=1S/C14H14N4O2/c1-10(19)11-4-6-12(7-5-11)17-14(20)15-9-13-3-2-8-16-18-13/h2-8H,9H2,1H3,(H2,15,17,20). The number of rotatable bonds is 4. The summed E-state index contributed by atoms with van der Waals surface area (Å²) in [5.41, 5.74) is 1.90. The number of ketones is 1. The zero-order valence-electron chi connectivity index (χ0n) is 11.0. The first-order valence-corrected chi connectivity index (χ1v) is 6.07. The van der Waals surface area contributed by atoms with Crippen molar-refractivity contribution in [3.8, 4) is 0 Å². The maximum absolute atomic E-state index is 11.7. The lowest BCUT2D eigenvalue weighted by molar-refractivity contribution is 0.101. The van der Waals surface area contributed by atoms with Crippen molar-refractivity contribution in [2.75, 3.05) is 5.32 Å². The van der Waals surface area contributed by atoms with Crippen LogP contribution in [-0.2, 0) is 6.54 Å². The normalized spacial score (nSPS) is 9.85. The Balaban J connectivity index is 1.86. The molecule has 6 heteroatoms. The summed E-state index contributed by atoms with van der Waals surface area (Å²) >= 11 is 0. The second kappa shape index (κ2) is 6.42. The van der Waals surface area contributed by atoms with Crippen LogP contribution in [0.1, 0.15) is 23.0 Å². The minimum atomic E-state index is -0.341. The lowest BCUT2D eigenvalue weighted by atomic mass is 10.1. The molecule has 2 rings (SSSR count). The number of nitrogens with zero attached hydrogens (tertiary/aromatic N) is 2. The molecule has 0 saturated carbocycles. The molecule has 0 unspecified atom stereocenters. The molecule has 1 heterocycles. The van der Waals surface area contributed by atoms with Crippen LogP contribution in [-0.4, -0.2) is 22.0 Å². The van der Waals surface area contributed by atoms with E-state index in [9.17, 15) is 9.59 Å². The van der Waals surface area contributed by atoms with E-state index < -0.39 is 0 Å². The van der Waals surface area contributed by atoms with E-state index in [0.717, 1.165) is 0 Å². The van der Waals surface area contributed by atoms with Gasteiger partial charge in [-0.3, -0.25) is 4.79 Å². The van der Waals surface area contributed by atoms with Gasteiger partial charge in [-0.2, -0.15) is 10.2 Å². The Labute approximate surface area is 116 Å². The van der Waals surface area contributed by atoms with Crippen LogP contribution >= 0.6 is 0 Å². The molecule has 1 aromatic heterocycles. The zero-order valence-corrected chi connectivity index (χ0v) is 11.0. The topological polar surface area (TPSA) is 84.0 Å². The highest BCUT2D eigenvalue weighted by Crippen LogP contribution is 2.09. The lowest BCUT2D eigenvalue weighted by Crippen LogP contribution is -2.28. The minimum Gasteiger partial charge on any atom is -0.332 e. The first-order valence-electron chi connectivity index (χ1n) is 6.07. The third-order valence-electron chi connectivity index (χ3n) is 2.61. The van der Waals surface area contributed by atoms with Crippen molar-refractivity contribution in [1.82, 2.24) is 15.5 Å². The molecule has 6 nitrogen and oxygen atoms in total. The van der Waals surface area contributed by atoms with E-state index in [4.69, 9.17) is 0 Å². The molecule has 2 N–H and O–H groups in total. The van der Waals surface area contributed by atoms with Crippen molar-refractivity contribution in [2.45, 2.75) is 13.5 Å². The molecule has 1 aromatic carbocycles. The Morgan fingerprint density at radius 2 is 1.90 bits per heavy atom. The number of hydrogen-bond donors (Lipinski definition) is 2. The molecule has 20 heavy (non-hydrogen) atoms. The van der Waals surface area contributed by atoms with Crippen molar-refractivity contribution < 1.29 is 9.59 Å². The molecule has 0 fully saturated rings. The van der Waals surface area contributed by atoms with Gasteiger partial charge in [0.15, 0.2) is 5.78 Å². The Hall–Kier alpha value is -2.76. The molecule has 0 bridgehead atoms. The maximum Gasteiger partial charge on any atom is 0.319 e. The van der Waals surface area contributed by atoms with Crippen LogP contribution in [0.5, 0.6) is 0 Å². The number of amides is 2. The second-order valence-electron chi connectivity index (χ2n) is 4.16. The smallest absolute Gasteiger partial charge is 0.319 e. The summed E-state index contributed by atoms with van der Waals surface area (Å²) in [6.07, 6.45) is 1.57. The van der Waals surface area contributed by atoms with Gasteiger partial charge in [-0.1, -0.05) is 0 Å². The first-order chi connectivity index (χ1) is 9.65. The molecule has 2 aromatic rings. The number of nitrogens with one attached hydrogen (secondary N) is 2. The van der Waals surface area contributed by atoms with Gasteiger partial charge in [-0.05, 0) is 43.3 Å². The van der Waals surface area contributed by atoms with Crippen molar-refractivity contribution in [1.29, 1.82) is 0 Å². The number of Topliss-reactive ketones (excluding diaryl/α,β-unsaturated/α-hetero) is 1. The van der Waals surface area contributed by atoms with Gasteiger partial charge in [-0.25, -0.2) is 4.79 Å². The van der Waals surface area contributed by atoms with E-state index in [1.54, 1.807) is 42.6 Å². The highest BCUT2D eigenvalue weighted by Gasteiger charge is 2.03. The molecule has 0 atom stereocenters. The van der Waals surface area contributed by atoms with Gasteiger partial charge >= 0.3 is 6.03 Å². The Morgan fingerprint density at radius 1 is 1.15 bits per heavy atom. The van der Waals surface area contributed by atoms with E-state index in [-0.39, 0.29) is 11.8 Å². The second-order valence-corrected chi connectivity index (χ2v) is 4.16. The highest BCUT2D eigenvalue weighted by atomic mass is 16.2. The zero-order chi connectivity index (χ0) is 14.4. The van der Waals surface area contributed by atoms with Crippen LogP contribution in [0.2, 0.25) is 0 Å². The average Bonchev–Trinajstić information content (AvgIpc) is 2.47. The molecule has 0 aliphatic carbocycles. The van der Waals surface area contributed by atoms with Gasteiger partial charge in [0.1, 0.15) is 0 Å². The fraction of sp³-hybridized carbons (Fsp3) is 0.143. The summed E-state index contributed by atoms with van der Waals surface area (Å²) in [4.78, 5) is 22.8. The van der Waals surface area contributed by atoms with Crippen LogP contribution in [0.3, 0.4) is 0 Å². The summed E-state index contributed by atoms with van der Waals surface area (Å²) in [6, 6.07) is 9.88. The largest absolute Gasteiger partial charge is 0.332 e. The lowest BCUT2D eigenvalue weighted by Gasteiger charge is -2.07. The molecule has 0 saturated heterocycles. The number of carbonyl (C=O) groups is 2. The van der Waals surface area contributed by atoms with Crippen LogP contribution in [0, 0.1) is 0 Å². The fourth-order valence-corrected chi connectivity index (χ4v) is 1.56. The van der Waals surface area contributed by atoms with Crippen LogP contribution in [0.4, 0.5) is 10.5 Å². The van der Waals surface area contributed by atoms with Crippen molar-refractivity contribution in [3.63, 3.8) is 0 Å². The fourth-order valence-electron chi connectivity index (χ4n) is 1.56. The number of anilines is 1. The Kier molecular flexibility index (Phi) is 4.39. The van der Waals surface area contributed by atoms with Gasteiger partial charge in [0.25, 0.3) is 0 Å². The quantitative estimate of drug-likeness (QED) is 0.832. The van der Waals surface area contributed by atoms with Gasteiger partial charge in [-0.15, -0.1) is 0 Å². The molecule has 0 spiro atoms. The van der Waals surface area contributed by atoms with Crippen molar-refractivity contribution in [3.05, 3.63) is 53.9 Å². The molecule has 0 aliphatic heterocycles. The Morgan fingerprint density at radius 3 is 2.50 bits per heavy atom. The summed E-state index contributed by atoms with van der Waals surface area (Å²) in [7, 11) is 0. The highest BCUT2D eigenvalue weighted by molar-refractivity contribution is 5.95. The Bertz CT molecular complexity index is 596. The number of benzene rings is 1. The van der Waals surface area contributed by atoms with Gasteiger partial charge in [0.05, 0.1) is 12.2 Å². The molecular formula is C14H14N4O2. The van der Waals surface area contributed by atoms with Crippen LogP contribution < -0.4 is 10.6 Å². The summed E-state index contributed by atoms with van der Waals surface area (Å²) in [5.74, 6) is -0.0105. The molecular weight excluding hydrogens is 256 g/mol. The predicted molar refractivity (Wildman–Crippen MR) is 74.3 cm³/mol. The first kappa shape index (κ1) is 13.7. The predicted octanol–water partition coefficient (Wildman–Crippen LogP) is 2.00. The molecule has 2 amide bonds. The van der Waals surface area contributed by atoms with Crippen LogP contribution in [0.25, 0.3) is 0 Å². The van der Waals surface area contributed by atoms with E-state index in [0.29, 0.717) is 23.5 Å². The monoisotopic (exact) mass is 270 g/mol. The van der Waals surface area contributed by atoms with Crippen molar-refractivity contribution >= 4 is 17.5 Å². The van der Waals surface area contributed by atoms with Gasteiger partial charge in [0, 0.05) is 17.4 Å². The van der Waals surface area contributed by atoms with Crippen molar-refractivity contribution in [2.24, 2.45) is 0 Å². The number of aromatic nitrogens is 2. The number of urea groups is 1. The minimum absolute atomic E-state index is 0.0105. The maximum atomic E-state index is 11.7. The molecule has 0 aliphatic rings. The number of carbonyl (C=O) groups excluding carboxylic acids is 2. The van der Waals surface area contributed by atoms with Crippen LogP contribution in [0.15, 0.2) is 42.6 Å². The third kappa shape index (κ3) is 3.88. The summed E-state index contributed by atoms with van der Waals surface area (Å²) < 4.78 is 0. The van der Waals surface area contributed by atoms with E-state index in [1.165, 1.54) is 6.92 Å². The number of hydrogen-bond acceptors (Lipinski definition) is 4. The summed E-state index contributed by atoms with van der Waals surface area (Å²) in [5, 5.41) is 12.9. The van der Waals surface area contributed by atoms with Gasteiger partial charge in [0.2, 0.25) is 0 Å². The third-order valence-corrected chi connectivity index (χ3v) is 2.61. The molecule has 102 valence electrons. The summed E-state index contributed by atoms with van der Waals surface area (Å²) in [6.45, 7) is 1.79. The SMILES string of the molecule is CC(=O)c1ccc(NC(=O)NCc2cccnn2)cc1. The average molecular weight is 270 g/mol.